The number of esters is 1. The summed E-state index contributed by atoms with van der Waals surface area (Å²) in [6.07, 6.45) is 1.82. The van der Waals surface area contributed by atoms with Crippen molar-refractivity contribution < 1.29 is 23.1 Å². The maximum absolute atomic E-state index is 12.5. The Labute approximate surface area is 124 Å². The highest BCUT2D eigenvalue weighted by Gasteiger charge is 2.35. The SMILES string of the molecule is COC(=O)c1ccc(CNC(=O)C(F)(F)Cl)nc1C1CC1. The monoisotopic (exact) mass is 318 g/mol. The van der Waals surface area contributed by atoms with Crippen LogP contribution in [0.25, 0.3) is 0 Å². The minimum absolute atomic E-state index is 0.171. The molecule has 5 nitrogen and oxygen atoms in total. The van der Waals surface area contributed by atoms with E-state index < -0.39 is 17.3 Å². The van der Waals surface area contributed by atoms with Gasteiger partial charge in [-0.15, -0.1) is 0 Å². The summed E-state index contributed by atoms with van der Waals surface area (Å²) in [6, 6.07) is 3.00. The zero-order valence-corrected chi connectivity index (χ0v) is 11.9. The Balaban J connectivity index is 2.13. The summed E-state index contributed by atoms with van der Waals surface area (Å²) in [5, 5.41) is -1.96. The summed E-state index contributed by atoms with van der Waals surface area (Å²) in [7, 11) is 1.27. The predicted octanol–water partition coefficient (Wildman–Crippen LogP) is 2.19. The molecule has 1 aromatic rings. The molecule has 1 aliphatic carbocycles. The molecule has 0 saturated heterocycles. The molecule has 114 valence electrons. The first kappa shape index (κ1) is 15.6. The minimum Gasteiger partial charge on any atom is -0.465 e. The molecule has 1 aliphatic rings. The molecule has 0 spiro atoms. The van der Waals surface area contributed by atoms with Crippen molar-refractivity contribution in [3.63, 3.8) is 0 Å². The van der Waals surface area contributed by atoms with Crippen LogP contribution in [0.1, 0.15) is 40.5 Å². The predicted molar refractivity (Wildman–Crippen MR) is 70.2 cm³/mol. The van der Waals surface area contributed by atoms with E-state index in [4.69, 9.17) is 0 Å². The number of rotatable bonds is 5. The second-order valence-electron chi connectivity index (χ2n) is 4.68. The molecule has 8 heteroatoms. The lowest BCUT2D eigenvalue weighted by molar-refractivity contribution is -0.135. The largest absolute Gasteiger partial charge is 0.465 e. The van der Waals surface area contributed by atoms with Gasteiger partial charge in [0.15, 0.2) is 0 Å². The van der Waals surface area contributed by atoms with E-state index in [0.29, 0.717) is 17.0 Å². The van der Waals surface area contributed by atoms with Crippen LogP contribution in [0.2, 0.25) is 0 Å². The van der Waals surface area contributed by atoms with Gasteiger partial charge < -0.3 is 10.1 Å². The number of aromatic nitrogens is 1. The third kappa shape index (κ3) is 3.87. The highest BCUT2D eigenvalue weighted by molar-refractivity contribution is 6.32. The van der Waals surface area contributed by atoms with Crippen molar-refractivity contribution in [1.82, 2.24) is 10.3 Å². The van der Waals surface area contributed by atoms with Crippen molar-refractivity contribution >= 4 is 23.5 Å². The number of hydrogen-bond acceptors (Lipinski definition) is 4. The van der Waals surface area contributed by atoms with E-state index >= 15 is 0 Å². The Morgan fingerprint density at radius 2 is 2.14 bits per heavy atom. The zero-order chi connectivity index (χ0) is 15.6. The molecule has 2 rings (SSSR count). The van der Waals surface area contributed by atoms with Crippen molar-refractivity contribution in [1.29, 1.82) is 0 Å². The topological polar surface area (TPSA) is 68.3 Å². The molecule has 0 aromatic carbocycles. The number of pyridine rings is 1. The summed E-state index contributed by atoms with van der Waals surface area (Å²) in [5.41, 5.74) is 1.31. The summed E-state index contributed by atoms with van der Waals surface area (Å²) >= 11 is 4.60. The van der Waals surface area contributed by atoms with Gasteiger partial charge in [0.05, 0.1) is 30.6 Å². The van der Waals surface area contributed by atoms with Crippen LogP contribution >= 0.6 is 11.6 Å². The fraction of sp³-hybridized carbons (Fsp3) is 0.462. The summed E-state index contributed by atoms with van der Waals surface area (Å²) < 4.78 is 29.7. The number of methoxy groups -OCH3 is 1. The molecule has 1 amide bonds. The van der Waals surface area contributed by atoms with Gasteiger partial charge in [0.25, 0.3) is 0 Å². The van der Waals surface area contributed by atoms with E-state index in [-0.39, 0.29) is 12.5 Å². The third-order valence-corrected chi connectivity index (χ3v) is 3.21. The molecule has 0 atom stereocenters. The quantitative estimate of drug-likeness (QED) is 0.667. The molecule has 0 aliphatic heterocycles. The van der Waals surface area contributed by atoms with Crippen molar-refractivity contribution in [2.75, 3.05) is 7.11 Å². The number of nitrogens with one attached hydrogen (secondary N) is 1. The standard InChI is InChI=1S/C13H13ClF2N2O3/c1-21-11(19)9-5-4-8(18-10(9)7-2-3-7)6-17-12(20)13(14,15)16/h4-5,7H,2-3,6H2,1H3,(H,17,20). The first-order valence-corrected chi connectivity index (χ1v) is 6.64. The maximum Gasteiger partial charge on any atom is 0.399 e. The fourth-order valence-corrected chi connectivity index (χ4v) is 1.90. The molecular weight excluding hydrogens is 306 g/mol. The zero-order valence-electron chi connectivity index (χ0n) is 11.2. The lowest BCUT2D eigenvalue weighted by atomic mass is 10.1. The van der Waals surface area contributed by atoms with Crippen LogP contribution in [-0.2, 0) is 16.1 Å². The minimum atomic E-state index is -3.95. The van der Waals surface area contributed by atoms with Crippen LogP contribution in [0, 0.1) is 0 Å². The summed E-state index contributed by atoms with van der Waals surface area (Å²) in [6.45, 7) is -0.192. The van der Waals surface area contributed by atoms with Crippen molar-refractivity contribution in [2.24, 2.45) is 0 Å². The van der Waals surface area contributed by atoms with Gasteiger partial charge in [0.2, 0.25) is 0 Å². The Bertz CT molecular complexity index is 571. The highest BCUT2D eigenvalue weighted by atomic mass is 35.5. The van der Waals surface area contributed by atoms with E-state index in [1.807, 2.05) is 5.32 Å². The Hall–Kier alpha value is -1.76. The normalized spacial score (nSPS) is 14.7. The van der Waals surface area contributed by atoms with Gasteiger partial charge in [-0.2, -0.15) is 8.78 Å². The fourth-order valence-electron chi connectivity index (χ4n) is 1.84. The molecule has 1 aromatic heterocycles. The molecule has 21 heavy (non-hydrogen) atoms. The molecule has 0 bridgehead atoms. The van der Waals surface area contributed by atoms with Crippen LogP contribution < -0.4 is 5.32 Å². The van der Waals surface area contributed by atoms with E-state index in [2.05, 4.69) is 21.3 Å². The second-order valence-corrected chi connectivity index (χ2v) is 5.16. The van der Waals surface area contributed by atoms with Crippen molar-refractivity contribution in [3.8, 4) is 0 Å². The van der Waals surface area contributed by atoms with Crippen molar-refractivity contribution in [3.05, 3.63) is 29.1 Å². The smallest absolute Gasteiger partial charge is 0.399 e. The lowest BCUT2D eigenvalue weighted by Gasteiger charge is -2.11. The van der Waals surface area contributed by atoms with Crippen molar-refractivity contribution in [2.45, 2.75) is 30.7 Å². The summed E-state index contributed by atoms with van der Waals surface area (Å²) in [5.74, 6) is -1.91. The van der Waals surface area contributed by atoms with E-state index in [1.165, 1.54) is 19.2 Å². The molecule has 0 radical (unpaired) electrons. The van der Waals surface area contributed by atoms with Gasteiger partial charge in [-0.25, -0.2) is 4.79 Å². The van der Waals surface area contributed by atoms with Gasteiger partial charge in [-0.1, -0.05) is 0 Å². The Morgan fingerprint density at radius 1 is 1.48 bits per heavy atom. The molecule has 1 fully saturated rings. The summed E-state index contributed by atoms with van der Waals surface area (Å²) in [4.78, 5) is 26.9. The first-order chi connectivity index (χ1) is 9.82. The van der Waals surface area contributed by atoms with Crippen LogP contribution in [0.15, 0.2) is 12.1 Å². The average Bonchev–Trinajstić information content (AvgIpc) is 3.27. The highest BCUT2D eigenvalue weighted by Crippen LogP contribution is 2.40. The average molecular weight is 319 g/mol. The van der Waals surface area contributed by atoms with Gasteiger partial charge >= 0.3 is 17.3 Å². The van der Waals surface area contributed by atoms with Crippen LogP contribution in [0.4, 0.5) is 8.78 Å². The number of alkyl halides is 3. The van der Waals surface area contributed by atoms with Gasteiger partial charge in [-0.05, 0) is 36.6 Å². The number of nitrogens with zero attached hydrogens (tertiary/aromatic N) is 1. The second kappa shape index (κ2) is 5.93. The van der Waals surface area contributed by atoms with Crippen LogP contribution in [0.5, 0.6) is 0 Å². The molecule has 1 saturated carbocycles. The Kier molecular flexibility index (Phi) is 4.41. The molecular formula is C13H13ClF2N2O3. The lowest BCUT2D eigenvalue weighted by Crippen LogP contribution is -2.35. The molecule has 0 unspecified atom stereocenters. The molecule has 1 N–H and O–H groups in total. The van der Waals surface area contributed by atoms with Gasteiger partial charge in [-0.3, -0.25) is 9.78 Å². The number of carbonyl (C=O) groups is 2. The third-order valence-electron chi connectivity index (χ3n) is 3.04. The van der Waals surface area contributed by atoms with Gasteiger partial charge in [0.1, 0.15) is 0 Å². The maximum atomic E-state index is 12.5. The number of hydrogen-bond donors (Lipinski definition) is 1. The van der Waals surface area contributed by atoms with Gasteiger partial charge in [0, 0.05) is 5.92 Å². The van der Waals surface area contributed by atoms with E-state index in [0.717, 1.165) is 12.8 Å². The van der Waals surface area contributed by atoms with Crippen LogP contribution in [-0.4, -0.2) is 29.4 Å². The van der Waals surface area contributed by atoms with E-state index in [1.54, 1.807) is 0 Å². The molecule has 1 heterocycles. The number of amides is 1. The Morgan fingerprint density at radius 3 is 2.67 bits per heavy atom. The number of halogens is 3. The number of carbonyl (C=O) groups excluding carboxylic acids is 2. The number of ether oxygens (including phenoxy) is 1. The first-order valence-electron chi connectivity index (χ1n) is 6.26. The van der Waals surface area contributed by atoms with Crippen LogP contribution in [0.3, 0.4) is 0 Å². The van der Waals surface area contributed by atoms with E-state index in [9.17, 15) is 18.4 Å².